The first kappa shape index (κ1) is 16.2. The number of fused-ring (bicyclic) bond motifs is 1. The van der Waals surface area contributed by atoms with Gasteiger partial charge in [-0.15, -0.1) is 0 Å². The number of nitriles is 1. The van der Waals surface area contributed by atoms with Crippen LogP contribution in [0.1, 0.15) is 42.5 Å². The Kier molecular flexibility index (Phi) is 4.55. The van der Waals surface area contributed by atoms with Crippen LogP contribution in [0.2, 0.25) is 0 Å². The van der Waals surface area contributed by atoms with Crippen molar-refractivity contribution in [3.8, 4) is 6.07 Å². The lowest BCUT2D eigenvalue weighted by Gasteiger charge is -2.28. The van der Waals surface area contributed by atoms with Crippen LogP contribution in [0.25, 0.3) is 0 Å². The lowest BCUT2D eigenvalue weighted by Crippen LogP contribution is -2.39. The van der Waals surface area contributed by atoms with Gasteiger partial charge >= 0.3 is 0 Å². The van der Waals surface area contributed by atoms with Gasteiger partial charge in [0.05, 0.1) is 11.3 Å². The van der Waals surface area contributed by atoms with E-state index in [1.54, 1.807) is 0 Å². The first-order chi connectivity index (χ1) is 11.0. The number of hydrogen-bond acceptors (Lipinski definition) is 5. The molecule has 1 unspecified atom stereocenters. The molecule has 1 fully saturated rings. The molecule has 1 saturated heterocycles. The number of anilines is 1. The van der Waals surface area contributed by atoms with Crippen LogP contribution < -0.4 is 9.62 Å². The number of sulfonamides is 1. The molecule has 0 bridgehead atoms. The molecule has 2 aliphatic rings. The van der Waals surface area contributed by atoms with Crippen molar-refractivity contribution in [1.82, 2.24) is 9.71 Å². The van der Waals surface area contributed by atoms with Crippen LogP contribution in [0.15, 0.2) is 6.07 Å². The molecule has 124 valence electrons. The van der Waals surface area contributed by atoms with Gasteiger partial charge in [0.25, 0.3) is 0 Å². The van der Waals surface area contributed by atoms with E-state index in [1.807, 2.05) is 11.0 Å². The summed E-state index contributed by atoms with van der Waals surface area (Å²) in [6.07, 6.45) is 5.93. The van der Waals surface area contributed by atoms with E-state index in [9.17, 15) is 13.7 Å². The van der Waals surface area contributed by atoms with E-state index in [0.717, 1.165) is 50.8 Å². The maximum atomic E-state index is 11.9. The molecule has 1 aromatic heterocycles. The number of rotatable bonds is 4. The number of aromatic nitrogens is 1. The summed E-state index contributed by atoms with van der Waals surface area (Å²) in [5.41, 5.74) is 2.82. The van der Waals surface area contributed by atoms with E-state index in [4.69, 9.17) is 4.98 Å². The largest absolute Gasteiger partial charge is 0.351 e. The fourth-order valence-electron chi connectivity index (χ4n) is 3.55. The Balaban J connectivity index is 1.95. The van der Waals surface area contributed by atoms with Crippen LogP contribution in [0, 0.1) is 11.3 Å². The lowest BCUT2D eigenvalue weighted by atomic mass is 9.95. The Morgan fingerprint density at radius 2 is 2.17 bits per heavy atom. The van der Waals surface area contributed by atoms with E-state index in [1.165, 1.54) is 12.6 Å². The second-order valence-electron chi connectivity index (χ2n) is 6.26. The van der Waals surface area contributed by atoms with Crippen molar-refractivity contribution in [3.05, 3.63) is 22.9 Å². The third-order valence-corrected chi connectivity index (χ3v) is 6.22. The third-order valence-electron chi connectivity index (χ3n) is 4.77. The fraction of sp³-hybridized carbons (Fsp3) is 0.625. The third kappa shape index (κ3) is 3.33. The van der Waals surface area contributed by atoms with Crippen molar-refractivity contribution >= 4 is 15.8 Å². The molecule has 1 aromatic rings. The van der Waals surface area contributed by atoms with Crippen LogP contribution in [-0.2, 0) is 22.9 Å². The van der Waals surface area contributed by atoms with Gasteiger partial charge in [0, 0.05) is 18.3 Å². The minimum Gasteiger partial charge on any atom is -0.351 e. The van der Waals surface area contributed by atoms with Gasteiger partial charge in [-0.3, -0.25) is 0 Å². The van der Waals surface area contributed by atoms with Crippen molar-refractivity contribution in [1.29, 1.82) is 5.26 Å². The van der Waals surface area contributed by atoms with Crippen molar-refractivity contribution in [3.63, 3.8) is 0 Å². The summed E-state index contributed by atoms with van der Waals surface area (Å²) < 4.78 is 26.2. The van der Waals surface area contributed by atoms with Gasteiger partial charge in [-0.05, 0) is 57.2 Å². The van der Waals surface area contributed by atoms with Gasteiger partial charge in [0.2, 0.25) is 10.0 Å². The van der Waals surface area contributed by atoms with Gasteiger partial charge in [-0.2, -0.15) is 5.26 Å². The van der Waals surface area contributed by atoms with Gasteiger partial charge in [0.1, 0.15) is 11.9 Å². The minimum atomic E-state index is -3.28. The molecule has 1 aliphatic heterocycles. The molecule has 1 atom stereocenters. The summed E-state index contributed by atoms with van der Waals surface area (Å²) in [6, 6.07) is 4.09. The van der Waals surface area contributed by atoms with E-state index in [2.05, 4.69) is 10.8 Å². The summed E-state index contributed by atoms with van der Waals surface area (Å²) in [5.74, 6) is 0.717. The summed E-state index contributed by atoms with van der Waals surface area (Å²) in [6.45, 7) is 0.754. The van der Waals surface area contributed by atoms with Crippen molar-refractivity contribution in [2.45, 2.75) is 44.6 Å². The summed E-state index contributed by atoms with van der Waals surface area (Å²) in [4.78, 5) is 6.78. The van der Waals surface area contributed by atoms with Gasteiger partial charge in [-0.25, -0.2) is 18.1 Å². The summed E-state index contributed by atoms with van der Waals surface area (Å²) in [5, 5.41) is 9.50. The predicted molar refractivity (Wildman–Crippen MR) is 88.8 cm³/mol. The molecule has 0 radical (unpaired) electrons. The van der Waals surface area contributed by atoms with Crippen LogP contribution in [0.4, 0.5) is 5.82 Å². The molecule has 0 aromatic carbocycles. The standard InChI is InChI=1S/C16H22N4O2S/c1-18-23(21,22)11-14-6-4-8-20(14)16-13(10-17)9-12-5-2-3-7-15(12)19-16/h9,14,18H,2-8,11H2,1H3. The zero-order valence-electron chi connectivity index (χ0n) is 13.4. The number of pyridine rings is 1. The Morgan fingerprint density at radius 3 is 2.91 bits per heavy atom. The lowest BCUT2D eigenvalue weighted by molar-refractivity contribution is 0.577. The summed E-state index contributed by atoms with van der Waals surface area (Å²) in [7, 11) is -1.85. The maximum Gasteiger partial charge on any atom is 0.213 e. The van der Waals surface area contributed by atoms with Crippen molar-refractivity contribution in [2.75, 3.05) is 24.2 Å². The predicted octanol–water partition coefficient (Wildman–Crippen LogP) is 1.35. The Bertz CT molecular complexity index is 739. The average Bonchev–Trinajstić information content (AvgIpc) is 3.00. The zero-order valence-corrected chi connectivity index (χ0v) is 14.2. The molecule has 0 spiro atoms. The molecule has 7 heteroatoms. The molecule has 1 aliphatic carbocycles. The van der Waals surface area contributed by atoms with Gasteiger partial charge in [-0.1, -0.05) is 0 Å². The first-order valence-electron chi connectivity index (χ1n) is 8.15. The van der Waals surface area contributed by atoms with Crippen molar-refractivity contribution < 1.29 is 8.42 Å². The maximum absolute atomic E-state index is 11.9. The highest BCUT2D eigenvalue weighted by atomic mass is 32.2. The number of aryl methyl sites for hydroxylation is 2. The Morgan fingerprint density at radius 1 is 1.39 bits per heavy atom. The van der Waals surface area contributed by atoms with Crippen LogP contribution in [0.5, 0.6) is 0 Å². The second kappa shape index (κ2) is 6.46. The molecule has 6 nitrogen and oxygen atoms in total. The van der Waals surface area contributed by atoms with Gasteiger partial charge in [0.15, 0.2) is 0 Å². The van der Waals surface area contributed by atoms with Crippen LogP contribution >= 0.6 is 0 Å². The highest BCUT2D eigenvalue weighted by molar-refractivity contribution is 7.89. The van der Waals surface area contributed by atoms with Crippen LogP contribution in [-0.4, -0.2) is 38.8 Å². The molecule has 23 heavy (non-hydrogen) atoms. The number of nitrogens with zero attached hydrogens (tertiary/aromatic N) is 3. The van der Waals surface area contributed by atoms with E-state index in [0.29, 0.717) is 11.4 Å². The molecule has 0 amide bonds. The molecule has 0 saturated carbocycles. The van der Waals surface area contributed by atoms with Crippen LogP contribution in [0.3, 0.4) is 0 Å². The van der Waals surface area contributed by atoms with Crippen molar-refractivity contribution in [2.24, 2.45) is 0 Å². The Labute approximate surface area is 137 Å². The van der Waals surface area contributed by atoms with E-state index < -0.39 is 10.0 Å². The number of nitrogens with one attached hydrogen (secondary N) is 1. The fourth-order valence-corrected chi connectivity index (χ4v) is 4.57. The topological polar surface area (TPSA) is 86.1 Å². The molecular formula is C16H22N4O2S. The second-order valence-corrected chi connectivity index (χ2v) is 8.23. The molecule has 3 rings (SSSR count). The Hall–Kier alpha value is -1.65. The van der Waals surface area contributed by atoms with Gasteiger partial charge < -0.3 is 4.90 Å². The normalized spacial score (nSPS) is 21.0. The zero-order chi connectivity index (χ0) is 16.4. The quantitative estimate of drug-likeness (QED) is 0.898. The number of hydrogen-bond donors (Lipinski definition) is 1. The average molecular weight is 334 g/mol. The highest BCUT2D eigenvalue weighted by Gasteiger charge is 2.31. The SMILES string of the molecule is CNS(=O)(=O)CC1CCCN1c1nc2c(cc1C#N)CCCC2. The molecular weight excluding hydrogens is 312 g/mol. The first-order valence-corrected chi connectivity index (χ1v) is 9.80. The molecule has 1 N–H and O–H groups in total. The van der Waals surface area contributed by atoms with E-state index >= 15 is 0 Å². The minimum absolute atomic E-state index is 0.0487. The smallest absolute Gasteiger partial charge is 0.213 e. The van der Waals surface area contributed by atoms with E-state index in [-0.39, 0.29) is 11.8 Å². The molecule has 2 heterocycles. The summed E-state index contributed by atoms with van der Waals surface area (Å²) >= 11 is 0. The highest BCUT2D eigenvalue weighted by Crippen LogP contribution is 2.31. The monoisotopic (exact) mass is 334 g/mol.